The summed E-state index contributed by atoms with van der Waals surface area (Å²) in [7, 11) is 0. The number of hydrogen-bond acceptors (Lipinski definition) is 6. The van der Waals surface area contributed by atoms with Gasteiger partial charge in [0.1, 0.15) is 11.8 Å². The lowest BCUT2D eigenvalue weighted by atomic mass is 9.96. The van der Waals surface area contributed by atoms with Crippen molar-refractivity contribution >= 4 is 23.9 Å². The van der Waals surface area contributed by atoms with Crippen LogP contribution >= 0.6 is 0 Å². The Labute approximate surface area is 158 Å². The van der Waals surface area contributed by atoms with Gasteiger partial charge in [0.05, 0.1) is 6.61 Å². The molecular weight excluding hydrogens is 344 g/mol. The smallest absolute Gasteiger partial charge is 0.235 e. The van der Waals surface area contributed by atoms with Crippen molar-refractivity contribution in [1.29, 1.82) is 5.26 Å². The average molecular weight is 366 g/mol. The summed E-state index contributed by atoms with van der Waals surface area (Å²) in [5.41, 5.74) is 6.59. The van der Waals surface area contributed by atoms with Crippen LogP contribution in [0.3, 0.4) is 0 Å². The van der Waals surface area contributed by atoms with Gasteiger partial charge in [-0.2, -0.15) is 10.2 Å². The number of anilines is 1. The van der Waals surface area contributed by atoms with Crippen molar-refractivity contribution < 1.29 is 13.9 Å². The summed E-state index contributed by atoms with van der Waals surface area (Å²) in [6.07, 6.45) is 4.90. The standard InChI is InChI=1S/C20H22N4O3/c1-2-26-16-6-3-14(4-7-16)5-8-18-23-17(13-21)20(27-18)24-11-9-15(10-12-24)19(22)25/h3-8,15H,2,9-12H2,1H3,(H2,22,25). The van der Waals surface area contributed by atoms with Gasteiger partial charge in [-0.3, -0.25) is 4.79 Å². The van der Waals surface area contributed by atoms with E-state index in [1.165, 1.54) is 0 Å². The maximum Gasteiger partial charge on any atom is 0.235 e. The zero-order chi connectivity index (χ0) is 19.2. The monoisotopic (exact) mass is 366 g/mol. The Morgan fingerprint density at radius 2 is 2.07 bits per heavy atom. The maximum absolute atomic E-state index is 11.3. The molecule has 1 saturated heterocycles. The van der Waals surface area contributed by atoms with E-state index in [4.69, 9.17) is 14.9 Å². The van der Waals surface area contributed by atoms with Gasteiger partial charge >= 0.3 is 0 Å². The van der Waals surface area contributed by atoms with Crippen LogP contribution in [0.4, 0.5) is 5.88 Å². The van der Waals surface area contributed by atoms with Crippen LogP contribution in [0.2, 0.25) is 0 Å². The number of ether oxygens (including phenoxy) is 1. The van der Waals surface area contributed by atoms with E-state index in [9.17, 15) is 10.1 Å². The van der Waals surface area contributed by atoms with Crippen molar-refractivity contribution in [2.24, 2.45) is 11.7 Å². The first-order chi connectivity index (χ1) is 13.1. The number of carbonyl (C=O) groups excluding carboxylic acids is 1. The molecule has 0 bridgehead atoms. The third kappa shape index (κ3) is 4.47. The number of piperidine rings is 1. The Morgan fingerprint density at radius 1 is 1.37 bits per heavy atom. The first-order valence-electron chi connectivity index (χ1n) is 8.97. The number of carbonyl (C=O) groups is 1. The summed E-state index contributed by atoms with van der Waals surface area (Å²) >= 11 is 0. The van der Waals surface area contributed by atoms with Crippen LogP contribution in [0.5, 0.6) is 5.75 Å². The van der Waals surface area contributed by atoms with Gasteiger partial charge in [0.15, 0.2) is 0 Å². The first-order valence-corrected chi connectivity index (χ1v) is 8.97. The van der Waals surface area contributed by atoms with Gasteiger partial charge in [0, 0.05) is 25.1 Å². The van der Waals surface area contributed by atoms with Gasteiger partial charge in [-0.1, -0.05) is 12.1 Å². The molecule has 2 aromatic rings. The highest BCUT2D eigenvalue weighted by molar-refractivity contribution is 5.77. The number of primary amides is 1. The molecule has 2 heterocycles. The average Bonchev–Trinajstić information content (AvgIpc) is 3.11. The van der Waals surface area contributed by atoms with Crippen LogP contribution < -0.4 is 15.4 Å². The summed E-state index contributed by atoms with van der Waals surface area (Å²) in [5.74, 6) is 1.25. The van der Waals surface area contributed by atoms with Crippen molar-refractivity contribution in [1.82, 2.24) is 4.98 Å². The Kier molecular flexibility index (Phi) is 5.77. The minimum Gasteiger partial charge on any atom is -0.494 e. The van der Waals surface area contributed by atoms with E-state index in [1.54, 1.807) is 6.08 Å². The Hall–Kier alpha value is -3.27. The second-order valence-electron chi connectivity index (χ2n) is 6.32. The van der Waals surface area contributed by atoms with Gasteiger partial charge in [-0.05, 0) is 43.5 Å². The third-order valence-corrected chi connectivity index (χ3v) is 4.53. The highest BCUT2D eigenvalue weighted by Gasteiger charge is 2.27. The van der Waals surface area contributed by atoms with Crippen molar-refractivity contribution in [2.75, 3.05) is 24.6 Å². The minimum absolute atomic E-state index is 0.117. The van der Waals surface area contributed by atoms with E-state index >= 15 is 0 Å². The number of oxazole rings is 1. The predicted octanol–water partition coefficient (Wildman–Crippen LogP) is 2.82. The lowest BCUT2D eigenvalue weighted by Gasteiger charge is -2.30. The maximum atomic E-state index is 11.3. The van der Waals surface area contributed by atoms with Gasteiger partial charge in [-0.15, -0.1) is 0 Å². The fraction of sp³-hybridized carbons (Fsp3) is 0.350. The van der Waals surface area contributed by atoms with E-state index in [0.29, 0.717) is 44.3 Å². The lowest BCUT2D eigenvalue weighted by molar-refractivity contribution is -0.122. The lowest BCUT2D eigenvalue weighted by Crippen LogP contribution is -2.38. The third-order valence-electron chi connectivity index (χ3n) is 4.53. The van der Waals surface area contributed by atoms with E-state index < -0.39 is 0 Å². The number of benzene rings is 1. The van der Waals surface area contributed by atoms with Crippen LogP contribution in [0, 0.1) is 17.2 Å². The molecule has 0 spiro atoms. The normalized spacial score (nSPS) is 15.0. The van der Waals surface area contributed by atoms with Crippen molar-refractivity contribution in [2.45, 2.75) is 19.8 Å². The molecule has 1 aliphatic rings. The summed E-state index contributed by atoms with van der Waals surface area (Å²) in [6, 6.07) is 9.74. The molecule has 140 valence electrons. The zero-order valence-electron chi connectivity index (χ0n) is 15.2. The Morgan fingerprint density at radius 3 is 2.67 bits per heavy atom. The SMILES string of the molecule is CCOc1ccc(C=Cc2nc(C#N)c(N3CCC(C(N)=O)CC3)o2)cc1. The summed E-state index contributed by atoms with van der Waals surface area (Å²) in [6.45, 7) is 3.79. The van der Waals surface area contributed by atoms with Crippen molar-refractivity contribution in [3.8, 4) is 11.8 Å². The van der Waals surface area contributed by atoms with Crippen molar-refractivity contribution in [3.05, 3.63) is 41.4 Å². The number of nitriles is 1. The molecule has 27 heavy (non-hydrogen) atoms. The van der Waals surface area contributed by atoms with Crippen molar-refractivity contribution in [3.63, 3.8) is 0 Å². The molecule has 1 aromatic heterocycles. The van der Waals surface area contributed by atoms with Crippen LogP contribution in [-0.2, 0) is 4.79 Å². The number of nitrogens with zero attached hydrogens (tertiary/aromatic N) is 3. The van der Waals surface area contributed by atoms with E-state index in [1.807, 2.05) is 42.2 Å². The first kappa shape index (κ1) is 18.5. The van der Waals surface area contributed by atoms with E-state index in [2.05, 4.69) is 11.1 Å². The molecule has 7 heteroatoms. The molecule has 0 saturated carbocycles. The molecule has 0 radical (unpaired) electrons. The predicted molar refractivity (Wildman–Crippen MR) is 102 cm³/mol. The molecule has 1 amide bonds. The van der Waals surface area contributed by atoms with Gasteiger partial charge < -0.3 is 19.8 Å². The van der Waals surface area contributed by atoms with Crippen LogP contribution in [-0.4, -0.2) is 30.6 Å². The van der Waals surface area contributed by atoms with E-state index in [-0.39, 0.29) is 17.5 Å². The topological polar surface area (TPSA) is 105 Å². The van der Waals surface area contributed by atoms with Crippen LogP contribution in [0.1, 0.15) is 36.9 Å². The quantitative estimate of drug-likeness (QED) is 0.843. The molecular formula is C20H22N4O3. The minimum atomic E-state index is -0.272. The molecule has 3 rings (SSSR count). The molecule has 0 atom stereocenters. The molecule has 0 aliphatic carbocycles. The van der Waals surface area contributed by atoms with E-state index in [0.717, 1.165) is 11.3 Å². The molecule has 2 N–H and O–H groups in total. The largest absolute Gasteiger partial charge is 0.494 e. The molecule has 7 nitrogen and oxygen atoms in total. The molecule has 1 fully saturated rings. The number of nitrogens with two attached hydrogens (primary N) is 1. The second kappa shape index (κ2) is 8.41. The molecule has 1 aromatic carbocycles. The van der Waals surface area contributed by atoms with Gasteiger partial charge in [0.25, 0.3) is 0 Å². The van der Waals surface area contributed by atoms with Crippen LogP contribution in [0.15, 0.2) is 28.7 Å². The fourth-order valence-electron chi connectivity index (χ4n) is 3.06. The van der Waals surface area contributed by atoms with Gasteiger partial charge in [0.2, 0.25) is 23.4 Å². The number of hydrogen-bond donors (Lipinski definition) is 1. The van der Waals surface area contributed by atoms with Crippen LogP contribution in [0.25, 0.3) is 12.2 Å². The summed E-state index contributed by atoms with van der Waals surface area (Å²) in [4.78, 5) is 17.5. The molecule has 0 unspecified atom stereocenters. The number of amides is 1. The molecule has 1 aliphatic heterocycles. The Balaban J connectivity index is 1.71. The van der Waals surface area contributed by atoms with Gasteiger partial charge in [-0.25, -0.2) is 0 Å². The second-order valence-corrected chi connectivity index (χ2v) is 6.32. The highest BCUT2D eigenvalue weighted by atomic mass is 16.5. The fourth-order valence-corrected chi connectivity index (χ4v) is 3.06. The zero-order valence-corrected chi connectivity index (χ0v) is 15.2. The Bertz CT molecular complexity index is 856. The summed E-state index contributed by atoms with van der Waals surface area (Å²) < 4.78 is 11.2. The summed E-state index contributed by atoms with van der Waals surface area (Å²) in [5, 5.41) is 9.36. The number of rotatable bonds is 6. The highest BCUT2D eigenvalue weighted by Crippen LogP contribution is 2.27. The number of aromatic nitrogens is 1.